The molecule has 0 unspecified atom stereocenters. The summed E-state index contributed by atoms with van der Waals surface area (Å²) in [4.78, 5) is 15.9. The molecule has 0 saturated heterocycles. The first-order valence-electron chi connectivity index (χ1n) is 5.55. The molecular formula is C14H8INO3. The highest BCUT2D eigenvalue weighted by Gasteiger charge is 2.25. The van der Waals surface area contributed by atoms with Crippen molar-refractivity contribution < 1.29 is 13.9 Å². The largest absolute Gasteiger partial charge is 0.459 e. The number of carbonyl (C=O) groups is 1. The van der Waals surface area contributed by atoms with Crippen molar-refractivity contribution in [2.45, 2.75) is 0 Å². The molecule has 1 aliphatic heterocycles. The van der Waals surface area contributed by atoms with Gasteiger partial charge in [-0.05, 0) is 52.4 Å². The van der Waals surface area contributed by atoms with Gasteiger partial charge in [-0.3, -0.25) is 0 Å². The number of carbonyl (C=O) groups excluding carboxylic acids is 1. The summed E-state index contributed by atoms with van der Waals surface area (Å²) in [5, 5.41) is 0. The number of esters is 1. The summed E-state index contributed by atoms with van der Waals surface area (Å²) >= 11 is 2.21. The molecule has 19 heavy (non-hydrogen) atoms. The van der Waals surface area contributed by atoms with Gasteiger partial charge in [-0.2, -0.15) is 0 Å². The highest BCUT2D eigenvalue weighted by atomic mass is 127. The molecule has 0 amide bonds. The topological polar surface area (TPSA) is 51.8 Å². The Balaban J connectivity index is 1.98. The number of rotatable bonds is 2. The average molecular weight is 365 g/mol. The van der Waals surface area contributed by atoms with Gasteiger partial charge >= 0.3 is 5.97 Å². The third-order valence-corrected chi connectivity index (χ3v) is 3.53. The number of furan rings is 1. The van der Waals surface area contributed by atoms with E-state index >= 15 is 0 Å². The second-order valence-corrected chi connectivity index (χ2v) is 5.00. The van der Waals surface area contributed by atoms with E-state index in [4.69, 9.17) is 9.15 Å². The lowest BCUT2D eigenvalue weighted by molar-refractivity contribution is -0.130. The monoisotopic (exact) mass is 365 g/mol. The number of aliphatic imine (C=N–C) groups is 1. The molecule has 0 spiro atoms. The van der Waals surface area contributed by atoms with E-state index in [1.807, 2.05) is 24.3 Å². The molecule has 0 bridgehead atoms. The van der Waals surface area contributed by atoms with Crippen LogP contribution in [0.25, 0.3) is 6.08 Å². The normalized spacial score (nSPS) is 16.6. The van der Waals surface area contributed by atoms with Crippen molar-refractivity contribution in [3.05, 3.63) is 63.3 Å². The molecule has 0 saturated carbocycles. The number of cyclic esters (lactones) is 1. The number of ether oxygens (including phenoxy) is 1. The fourth-order valence-electron chi connectivity index (χ4n) is 1.65. The summed E-state index contributed by atoms with van der Waals surface area (Å²) in [5.74, 6) is 0.178. The summed E-state index contributed by atoms with van der Waals surface area (Å²) in [6.07, 6.45) is 3.22. The zero-order valence-electron chi connectivity index (χ0n) is 9.67. The maximum Gasteiger partial charge on any atom is 0.363 e. The van der Waals surface area contributed by atoms with Crippen LogP contribution < -0.4 is 0 Å². The van der Waals surface area contributed by atoms with E-state index in [0.717, 1.165) is 9.13 Å². The fourth-order valence-corrected chi connectivity index (χ4v) is 2.20. The second-order valence-electron chi connectivity index (χ2n) is 3.83. The van der Waals surface area contributed by atoms with E-state index in [1.54, 1.807) is 18.2 Å². The zero-order valence-corrected chi connectivity index (χ0v) is 11.8. The van der Waals surface area contributed by atoms with Crippen LogP contribution in [0.1, 0.15) is 11.3 Å². The van der Waals surface area contributed by atoms with E-state index in [-0.39, 0.29) is 11.6 Å². The van der Waals surface area contributed by atoms with Crippen LogP contribution in [0.4, 0.5) is 0 Å². The highest BCUT2D eigenvalue weighted by molar-refractivity contribution is 14.1. The van der Waals surface area contributed by atoms with Gasteiger partial charge in [0.05, 0.1) is 6.26 Å². The number of hydrogen-bond donors (Lipinski definition) is 0. The van der Waals surface area contributed by atoms with Crippen molar-refractivity contribution in [1.82, 2.24) is 0 Å². The first kappa shape index (κ1) is 12.2. The molecule has 0 N–H and O–H groups in total. The Morgan fingerprint density at radius 3 is 2.74 bits per heavy atom. The first-order chi connectivity index (χ1) is 9.24. The van der Waals surface area contributed by atoms with Crippen LogP contribution in [-0.4, -0.2) is 11.9 Å². The van der Waals surface area contributed by atoms with Crippen molar-refractivity contribution in [3.8, 4) is 0 Å². The summed E-state index contributed by atoms with van der Waals surface area (Å²) in [5.41, 5.74) is 1.20. The molecule has 1 aromatic heterocycles. The van der Waals surface area contributed by atoms with Gasteiger partial charge in [0.2, 0.25) is 0 Å². The van der Waals surface area contributed by atoms with Crippen LogP contribution in [0.15, 0.2) is 57.8 Å². The van der Waals surface area contributed by atoms with E-state index in [9.17, 15) is 4.79 Å². The Morgan fingerprint density at radius 2 is 2.00 bits per heavy atom. The lowest BCUT2D eigenvalue weighted by Gasteiger charge is -1.96. The Bertz CT molecular complexity index is 686. The minimum absolute atomic E-state index is 0.201. The molecule has 0 radical (unpaired) electrons. The maximum atomic E-state index is 11.7. The lowest BCUT2D eigenvalue weighted by Crippen LogP contribution is -2.04. The molecule has 0 atom stereocenters. The Labute approximate surface area is 122 Å². The van der Waals surface area contributed by atoms with Crippen LogP contribution in [0.3, 0.4) is 0 Å². The summed E-state index contributed by atoms with van der Waals surface area (Å²) in [6, 6.07) is 11.1. The molecule has 5 heteroatoms. The Kier molecular flexibility index (Phi) is 3.20. The fraction of sp³-hybridized carbons (Fsp3) is 0. The zero-order chi connectivity index (χ0) is 13.2. The standard InChI is InChI=1S/C14H8INO3/c15-10-5-2-1-4-9(10)8-11-14(17)19-13(16-11)12-6-3-7-18-12/h1-8H. The van der Waals surface area contributed by atoms with Gasteiger partial charge < -0.3 is 9.15 Å². The van der Waals surface area contributed by atoms with Crippen LogP contribution in [0.2, 0.25) is 0 Å². The van der Waals surface area contributed by atoms with Gasteiger partial charge in [0, 0.05) is 3.57 Å². The van der Waals surface area contributed by atoms with Gasteiger partial charge in [-0.25, -0.2) is 9.79 Å². The summed E-state index contributed by atoms with van der Waals surface area (Å²) in [7, 11) is 0. The quantitative estimate of drug-likeness (QED) is 0.467. The van der Waals surface area contributed by atoms with E-state index in [2.05, 4.69) is 27.6 Å². The van der Waals surface area contributed by atoms with Gasteiger partial charge in [-0.1, -0.05) is 18.2 Å². The third-order valence-electron chi connectivity index (χ3n) is 2.55. The highest BCUT2D eigenvalue weighted by Crippen LogP contribution is 2.21. The molecular weight excluding hydrogens is 357 g/mol. The van der Waals surface area contributed by atoms with E-state index in [0.29, 0.717) is 5.76 Å². The number of hydrogen-bond acceptors (Lipinski definition) is 4. The number of benzene rings is 1. The number of halogens is 1. The van der Waals surface area contributed by atoms with E-state index < -0.39 is 5.97 Å². The van der Waals surface area contributed by atoms with Crippen LogP contribution in [-0.2, 0) is 9.53 Å². The van der Waals surface area contributed by atoms with Crippen LogP contribution in [0.5, 0.6) is 0 Å². The molecule has 4 nitrogen and oxygen atoms in total. The van der Waals surface area contributed by atoms with Crippen LogP contribution >= 0.6 is 22.6 Å². The van der Waals surface area contributed by atoms with Gasteiger partial charge in [0.1, 0.15) is 0 Å². The molecule has 2 heterocycles. The van der Waals surface area contributed by atoms with E-state index in [1.165, 1.54) is 6.26 Å². The molecule has 3 rings (SSSR count). The van der Waals surface area contributed by atoms with Crippen molar-refractivity contribution in [2.24, 2.45) is 4.99 Å². The predicted octanol–water partition coefficient (Wildman–Crippen LogP) is 3.23. The lowest BCUT2D eigenvalue weighted by atomic mass is 10.2. The molecule has 0 fully saturated rings. The predicted molar refractivity (Wildman–Crippen MR) is 78.5 cm³/mol. The maximum absolute atomic E-state index is 11.7. The molecule has 1 aromatic carbocycles. The third kappa shape index (κ3) is 2.46. The molecule has 2 aromatic rings. The van der Waals surface area contributed by atoms with Crippen molar-refractivity contribution >= 4 is 40.5 Å². The van der Waals surface area contributed by atoms with Crippen molar-refractivity contribution in [1.29, 1.82) is 0 Å². The molecule has 0 aliphatic carbocycles. The Hall–Kier alpha value is -1.89. The minimum atomic E-state index is -0.467. The van der Waals surface area contributed by atoms with Crippen molar-refractivity contribution in [3.63, 3.8) is 0 Å². The molecule has 1 aliphatic rings. The first-order valence-corrected chi connectivity index (χ1v) is 6.63. The van der Waals surface area contributed by atoms with Gasteiger partial charge in [-0.15, -0.1) is 0 Å². The summed E-state index contributed by atoms with van der Waals surface area (Å²) in [6.45, 7) is 0. The second kappa shape index (κ2) is 5.00. The SMILES string of the molecule is O=C1OC(c2ccco2)=NC1=Cc1ccccc1I. The minimum Gasteiger partial charge on any atom is -0.459 e. The van der Waals surface area contributed by atoms with Gasteiger partial charge in [0.15, 0.2) is 11.5 Å². The van der Waals surface area contributed by atoms with Crippen molar-refractivity contribution in [2.75, 3.05) is 0 Å². The molecule has 94 valence electrons. The number of nitrogens with zero attached hydrogens (tertiary/aromatic N) is 1. The smallest absolute Gasteiger partial charge is 0.363 e. The van der Waals surface area contributed by atoms with Gasteiger partial charge in [0.25, 0.3) is 5.90 Å². The summed E-state index contributed by atoms with van der Waals surface area (Å²) < 4.78 is 11.3. The Morgan fingerprint density at radius 1 is 1.16 bits per heavy atom. The van der Waals surface area contributed by atoms with Crippen LogP contribution in [0, 0.1) is 3.57 Å². The average Bonchev–Trinajstić information content (AvgIpc) is 3.02.